The molecular formula is C16H23N3O3. The number of rotatable bonds is 6. The zero-order valence-electron chi connectivity index (χ0n) is 13.1. The lowest BCUT2D eigenvalue weighted by Crippen LogP contribution is -2.50. The van der Waals surface area contributed by atoms with Gasteiger partial charge in [0, 0.05) is 13.6 Å². The van der Waals surface area contributed by atoms with Crippen LogP contribution in [0.5, 0.6) is 5.75 Å². The number of para-hydroxylation sites is 2. The van der Waals surface area contributed by atoms with E-state index in [1.165, 1.54) is 0 Å². The van der Waals surface area contributed by atoms with Crippen LogP contribution in [0.3, 0.4) is 0 Å². The Morgan fingerprint density at radius 2 is 2.14 bits per heavy atom. The van der Waals surface area contributed by atoms with E-state index < -0.39 is 6.10 Å². The average Bonchev–Trinajstić information content (AvgIpc) is 2.54. The second-order valence-corrected chi connectivity index (χ2v) is 5.27. The van der Waals surface area contributed by atoms with Crippen LogP contribution >= 0.6 is 0 Å². The number of nitrogens with zero attached hydrogens (tertiary/aromatic N) is 1. The van der Waals surface area contributed by atoms with Crippen LogP contribution in [0, 0.1) is 0 Å². The molecule has 22 heavy (non-hydrogen) atoms. The van der Waals surface area contributed by atoms with Crippen molar-refractivity contribution in [3.05, 3.63) is 24.3 Å². The zero-order valence-corrected chi connectivity index (χ0v) is 13.1. The summed E-state index contributed by atoms with van der Waals surface area (Å²) in [4.78, 5) is 25.8. The SMILES string of the molecule is CCCCNC(=O)CN1C[C@@H](C(=O)NC)Oc2ccccc21. The van der Waals surface area contributed by atoms with Crippen molar-refractivity contribution in [1.29, 1.82) is 0 Å². The Labute approximate surface area is 130 Å². The normalized spacial score (nSPS) is 16.5. The highest BCUT2D eigenvalue weighted by Crippen LogP contribution is 2.32. The predicted molar refractivity (Wildman–Crippen MR) is 85.1 cm³/mol. The number of carbonyl (C=O) groups is 2. The van der Waals surface area contributed by atoms with Crippen LogP contribution in [0.4, 0.5) is 5.69 Å². The summed E-state index contributed by atoms with van der Waals surface area (Å²) in [6.45, 7) is 3.34. The molecule has 2 amide bonds. The third kappa shape index (κ3) is 3.90. The number of ether oxygens (including phenoxy) is 1. The van der Waals surface area contributed by atoms with Gasteiger partial charge in [0.2, 0.25) is 5.91 Å². The summed E-state index contributed by atoms with van der Waals surface area (Å²) in [5.74, 6) is 0.399. The molecule has 0 aliphatic carbocycles. The van der Waals surface area contributed by atoms with Gasteiger partial charge in [0.1, 0.15) is 5.75 Å². The fourth-order valence-electron chi connectivity index (χ4n) is 2.39. The molecule has 0 aromatic heterocycles. The lowest BCUT2D eigenvalue weighted by atomic mass is 10.1. The number of anilines is 1. The third-order valence-corrected chi connectivity index (χ3v) is 3.59. The first-order valence-corrected chi connectivity index (χ1v) is 7.64. The van der Waals surface area contributed by atoms with Gasteiger partial charge in [-0.1, -0.05) is 25.5 Å². The van der Waals surface area contributed by atoms with Crippen LogP contribution in [0.25, 0.3) is 0 Å². The van der Waals surface area contributed by atoms with Crippen molar-refractivity contribution >= 4 is 17.5 Å². The largest absolute Gasteiger partial charge is 0.477 e. The van der Waals surface area contributed by atoms with Gasteiger partial charge in [-0.15, -0.1) is 0 Å². The smallest absolute Gasteiger partial charge is 0.262 e. The third-order valence-electron chi connectivity index (χ3n) is 3.59. The van der Waals surface area contributed by atoms with Gasteiger partial charge in [-0.25, -0.2) is 0 Å². The molecule has 0 bridgehead atoms. The van der Waals surface area contributed by atoms with Crippen LogP contribution in [0.1, 0.15) is 19.8 Å². The van der Waals surface area contributed by atoms with Gasteiger partial charge in [0.15, 0.2) is 6.10 Å². The summed E-state index contributed by atoms with van der Waals surface area (Å²) in [5, 5.41) is 5.49. The highest BCUT2D eigenvalue weighted by Gasteiger charge is 2.30. The monoisotopic (exact) mass is 305 g/mol. The summed E-state index contributed by atoms with van der Waals surface area (Å²) in [5.41, 5.74) is 0.841. The van der Waals surface area contributed by atoms with E-state index in [-0.39, 0.29) is 18.4 Å². The lowest BCUT2D eigenvalue weighted by molar-refractivity contribution is -0.127. The van der Waals surface area contributed by atoms with Crippen LogP contribution < -0.4 is 20.3 Å². The average molecular weight is 305 g/mol. The Kier molecular flexibility index (Phi) is 5.63. The summed E-state index contributed by atoms with van der Waals surface area (Å²) >= 11 is 0. The number of hydrogen-bond acceptors (Lipinski definition) is 4. The number of amides is 2. The number of benzene rings is 1. The molecule has 6 heteroatoms. The molecule has 1 aliphatic rings. The second kappa shape index (κ2) is 7.68. The molecule has 2 rings (SSSR count). The van der Waals surface area contributed by atoms with Crippen molar-refractivity contribution in [2.45, 2.75) is 25.9 Å². The molecule has 0 saturated heterocycles. The molecule has 6 nitrogen and oxygen atoms in total. The molecule has 1 atom stereocenters. The minimum atomic E-state index is -0.608. The molecular weight excluding hydrogens is 282 g/mol. The maximum atomic E-state index is 12.0. The van der Waals surface area contributed by atoms with E-state index in [0.717, 1.165) is 18.5 Å². The minimum Gasteiger partial charge on any atom is -0.477 e. The number of hydrogen-bond donors (Lipinski definition) is 2. The molecule has 0 radical (unpaired) electrons. The number of nitrogens with one attached hydrogen (secondary N) is 2. The first-order chi connectivity index (χ1) is 10.7. The van der Waals surface area contributed by atoms with E-state index >= 15 is 0 Å². The van der Waals surface area contributed by atoms with Crippen LogP contribution in [-0.2, 0) is 9.59 Å². The van der Waals surface area contributed by atoms with Gasteiger partial charge in [-0.2, -0.15) is 0 Å². The van der Waals surface area contributed by atoms with E-state index in [1.807, 2.05) is 29.2 Å². The molecule has 1 heterocycles. The van der Waals surface area contributed by atoms with Crippen molar-refractivity contribution < 1.29 is 14.3 Å². The van der Waals surface area contributed by atoms with E-state index in [2.05, 4.69) is 17.6 Å². The zero-order chi connectivity index (χ0) is 15.9. The van der Waals surface area contributed by atoms with Gasteiger partial charge in [0.05, 0.1) is 18.8 Å². The van der Waals surface area contributed by atoms with Crippen LogP contribution in [-0.4, -0.2) is 44.6 Å². The van der Waals surface area contributed by atoms with Gasteiger partial charge >= 0.3 is 0 Å². The summed E-state index contributed by atoms with van der Waals surface area (Å²) in [6, 6.07) is 7.45. The van der Waals surface area contributed by atoms with Crippen LogP contribution in [0.2, 0.25) is 0 Å². The molecule has 1 aliphatic heterocycles. The molecule has 1 aromatic carbocycles. The van der Waals surface area contributed by atoms with Crippen molar-refractivity contribution in [2.75, 3.05) is 31.6 Å². The molecule has 2 N–H and O–H groups in total. The fourth-order valence-corrected chi connectivity index (χ4v) is 2.39. The van der Waals surface area contributed by atoms with E-state index in [4.69, 9.17) is 4.74 Å². The Hall–Kier alpha value is -2.24. The Morgan fingerprint density at radius 1 is 1.36 bits per heavy atom. The standard InChI is InChI=1S/C16H23N3O3/c1-3-4-9-18-15(20)11-19-10-14(16(21)17-2)22-13-8-6-5-7-12(13)19/h5-8,14H,3-4,9-11H2,1-2H3,(H,17,21)(H,18,20)/t14-/m0/s1. The van der Waals surface area contributed by atoms with Crippen molar-refractivity contribution in [3.8, 4) is 5.75 Å². The second-order valence-electron chi connectivity index (χ2n) is 5.27. The first kappa shape index (κ1) is 16.1. The van der Waals surface area contributed by atoms with Gasteiger partial charge < -0.3 is 20.3 Å². The Morgan fingerprint density at radius 3 is 2.86 bits per heavy atom. The number of carbonyl (C=O) groups excluding carboxylic acids is 2. The Balaban J connectivity index is 2.08. The fraction of sp³-hybridized carbons (Fsp3) is 0.500. The number of fused-ring (bicyclic) bond motifs is 1. The van der Waals surface area contributed by atoms with Crippen LogP contribution in [0.15, 0.2) is 24.3 Å². The Bertz CT molecular complexity index is 533. The first-order valence-electron chi connectivity index (χ1n) is 7.64. The quantitative estimate of drug-likeness (QED) is 0.767. The van der Waals surface area contributed by atoms with Gasteiger partial charge in [0.25, 0.3) is 5.91 Å². The predicted octanol–water partition coefficient (Wildman–Crippen LogP) is 0.916. The maximum absolute atomic E-state index is 12.0. The summed E-state index contributed by atoms with van der Waals surface area (Å²) in [6.07, 6.45) is 1.40. The van der Waals surface area contributed by atoms with Crippen molar-refractivity contribution in [1.82, 2.24) is 10.6 Å². The minimum absolute atomic E-state index is 0.0409. The number of unbranched alkanes of at least 4 members (excludes halogenated alkanes) is 1. The highest BCUT2D eigenvalue weighted by atomic mass is 16.5. The maximum Gasteiger partial charge on any atom is 0.262 e. The van der Waals surface area contributed by atoms with Crippen molar-refractivity contribution in [2.24, 2.45) is 0 Å². The molecule has 1 aromatic rings. The molecule has 120 valence electrons. The summed E-state index contributed by atoms with van der Waals surface area (Å²) in [7, 11) is 1.58. The van der Waals surface area contributed by atoms with Gasteiger partial charge in [-0.05, 0) is 18.6 Å². The molecule has 0 spiro atoms. The summed E-state index contributed by atoms with van der Waals surface area (Å²) < 4.78 is 5.71. The highest BCUT2D eigenvalue weighted by molar-refractivity contribution is 5.86. The van der Waals surface area contributed by atoms with Crippen molar-refractivity contribution in [3.63, 3.8) is 0 Å². The molecule has 0 fully saturated rings. The van der Waals surface area contributed by atoms with E-state index in [1.54, 1.807) is 7.05 Å². The number of likely N-dealkylation sites (N-methyl/N-ethyl adjacent to an activating group) is 1. The topological polar surface area (TPSA) is 70.7 Å². The van der Waals surface area contributed by atoms with E-state index in [9.17, 15) is 9.59 Å². The lowest BCUT2D eigenvalue weighted by Gasteiger charge is -2.34. The molecule has 0 unspecified atom stereocenters. The van der Waals surface area contributed by atoms with Gasteiger partial charge in [-0.3, -0.25) is 9.59 Å². The van der Waals surface area contributed by atoms with E-state index in [0.29, 0.717) is 18.8 Å². The molecule has 0 saturated carbocycles.